The fourth-order valence-electron chi connectivity index (χ4n) is 1.89. The minimum Gasteiger partial charge on any atom is -0.136 e. The lowest BCUT2D eigenvalue weighted by Crippen LogP contribution is -2.15. The standard InChI is InChI=1S/C14H16S/c1-4-6-11-7-8-12-10(3)13(5-2)15-14(12)9-11/h5,7-9H,3-4,6H2,1-2H3/b13-5+. The monoisotopic (exact) mass is 216 g/mol. The van der Waals surface area contributed by atoms with Gasteiger partial charge in [-0.2, -0.15) is 0 Å². The third-order valence-corrected chi connectivity index (χ3v) is 3.95. The maximum absolute atomic E-state index is 4.13. The van der Waals surface area contributed by atoms with E-state index in [1.807, 2.05) is 11.3 Å². The van der Waals surface area contributed by atoms with Gasteiger partial charge < -0.3 is 0 Å². The molecule has 0 spiro atoms. The zero-order valence-corrected chi connectivity index (χ0v) is 10.2. The second kappa shape index (κ2) is 4.19. The average molecular weight is 216 g/mol. The molecule has 1 aromatic heterocycles. The highest BCUT2D eigenvalue weighted by molar-refractivity contribution is 7.17. The summed E-state index contributed by atoms with van der Waals surface area (Å²) in [5, 5.41) is 2.49. The van der Waals surface area contributed by atoms with Gasteiger partial charge in [-0.1, -0.05) is 38.1 Å². The van der Waals surface area contributed by atoms with Crippen molar-refractivity contribution in [2.24, 2.45) is 0 Å². The summed E-state index contributed by atoms with van der Waals surface area (Å²) in [6.45, 7) is 8.43. The Bertz CT molecular complexity index is 575. The number of fused-ring (bicyclic) bond motifs is 1. The number of hydrogen-bond acceptors (Lipinski definition) is 1. The van der Waals surface area contributed by atoms with Crippen molar-refractivity contribution in [3.05, 3.63) is 33.5 Å². The van der Waals surface area contributed by atoms with Crippen molar-refractivity contribution in [3.63, 3.8) is 0 Å². The first kappa shape index (κ1) is 10.4. The van der Waals surface area contributed by atoms with Gasteiger partial charge in [0.25, 0.3) is 0 Å². The lowest BCUT2D eigenvalue weighted by molar-refractivity contribution is 0.924. The maximum Gasteiger partial charge on any atom is 0.0357 e. The van der Waals surface area contributed by atoms with Crippen LogP contribution < -0.4 is 9.75 Å². The number of benzene rings is 1. The van der Waals surface area contributed by atoms with E-state index in [2.05, 4.69) is 44.7 Å². The van der Waals surface area contributed by atoms with E-state index in [4.69, 9.17) is 0 Å². The molecule has 0 atom stereocenters. The molecule has 0 nitrogen and oxygen atoms in total. The van der Waals surface area contributed by atoms with Crippen molar-refractivity contribution in [3.8, 4) is 0 Å². The van der Waals surface area contributed by atoms with E-state index in [-0.39, 0.29) is 0 Å². The molecule has 1 aromatic carbocycles. The third-order valence-electron chi connectivity index (χ3n) is 2.69. The molecule has 0 bridgehead atoms. The van der Waals surface area contributed by atoms with Gasteiger partial charge in [0.1, 0.15) is 0 Å². The van der Waals surface area contributed by atoms with E-state index in [1.54, 1.807) is 0 Å². The van der Waals surface area contributed by atoms with Gasteiger partial charge in [0.15, 0.2) is 0 Å². The Labute approximate surface area is 94.6 Å². The number of aryl methyl sites for hydroxylation is 1. The van der Waals surface area contributed by atoms with Crippen LogP contribution in [0.4, 0.5) is 0 Å². The minimum atomic E-state index is 1.17. The summed E-state index contributed by atoms with van der Waals surface area (Å²) < 4.78 is 2.68. The molecule has 0 aliphatic carbocycles. The number of rotatable bonds is 2. The molecule has 78 valence electrons. The highest BCUT2D eigenvalue weighted by Crippen LogP contribution is 2.16. The van der Waals surface area contributed by atoms with E-state index in [0.717, 1.165) is 0 Å². The second-order valence-corrected chi connectivity index (χ2v) is 4.90. The fraction of sp³-hybridized carbons (Fsp3) is 0.286. The SMILES string of the molecule is C=c1/c(=C\C)sc2cc(CCC)ccc12. The largest absolute Gasteiger partial charge is 0.136 e. The highest BCUT2D eigenvalue weighted by atomic mass is 32.1. The summed E-state index contributed by atoms with van der Waals surface area (Å²) in [7, 11) is 0. The first-order chi connectivity index (χ1) is 7.26. The smallest absolute Gasteiger partial charge is 0.0357 e. The van der Waals surface area contributed by atoms with E-state index >= 15 is 0 Å². The fourth-order valence-corrected chi connectivity index (χ4v) is 2.99. The van der Waals surface area contributed by atoms with Crippen LogP contribution in [0.1, 0.15) is 25.8 Å². The molecule has 0 unspecified atom stereocenters. The molecular formula is C14H16S. The van der Waals surface area contributed by atoms with E-state index in [1.165, 1.54) is 38.2 Å². The lowest BCUT2D eigenvalue weighted by atomic mass is 10.1. The van der Waals surface area contributed by atoms with E-state index in [9.17, 15) is 0 Å². The summed E-state index contributed by atoms with van der Waals surface area (Å²) >= 11 is 1.85. The summed E-state index contributed by atoms with van der Waals surface area (Å²) in [6.07, 6.45) is 4.53. The van der Waals surface area contributed by atoms with Crippen LogP contribution in [0.3, 0.4) is 0 Å². The third kappa shape index (κ3) is 1.84. The van der Waals surface area contributed by atoms with Crippen molar-refractivity contribution >= 4 is 34.1 Å². The van der Waals surface area contributed by atoms with Crippen molar-refractivity contribution in [1.82, 2.24) is 0 Å². The molecular weight excluding hydrogens is 200 g/mol. The Morgan fingerprint density at radius 3 is 2.87 bits per heavy atom. The van der Waals surface area contributed by atoms with Crippen LogP contribution in [0.25, 0.3) is 22.7 Å². The summed E-state index contributed by atoms with van der Waals surface area (Å²) in [5.74, 6) is 0. The first-order valence-electron chi connectivity index (χ1n) is 5.43. The second-order valence-electron chi connectivity index (χ2n) is 3.81. The van der Waals surface area contributed by atoms with Gasteiger partial charge in [-0.05, 0) is 35.6 Å². The minimum absolute atomic E-state index is 1.17. The van der Waals surface area contributed by atoms with Crippen LogP contribution in [0.5, 0.6) is 0 Å². The van der Waals surface area contributed by atoms with Gasteiger partial charge in [-0.3, -0.25) is 0 Å². The molecule has 2 aromatic rings. The number of thiophene rings is 1. The van der Waals surface area contributed by atoms with Gasteiger partial charge >= 0.3 is 0 Å². The molecule has 0 N–H and O–H groups in total. The summed E-state index contributed by atoms with van der Waals surface area (Å²) in [5.41, 5.74) is 1.44. The van der Waals surface area contributed by atoms with E-state index < -0.39 is 0 Å². The van der Waals surface area contributed by atoms with Crippen LogP contribution in [-0.2, 0) is 6.42 Å². The summed E-state index contributed by atoms with van der Waals surface area (Å²) in [4.78, 5) is 0. The van der Waals surface area contributed by atoms with Gasteiger partial charge in [0.2, 0.25) is 0 Å². The predicted molar refractivity (Wildman–Crippen MR) is 70.7 cm³/mol. The van der Waals surface area contributed by atoms with Crippen molar-refractivity contribution < 1.29 is 0 Å². The quantitative estimate of drug-likeness (QED) is 0.724. The van der Waals surface area contributed by atoms with Crippen molar-refractivity contribution in [2.45, 2.75) is 26.7 Å². The Balaban J connectivity index is 2.69. The highest BCUT2D eigenvalue weighted by Gasteiger charge is 2.00. The average Bonchev–Trinajstić information content (AvgIpc) is 2.56. The van der Waals surface area contributed by atoms with Crippen LogP contribution in [0, 0.1) is 0 Å². The van der Waals surface area contributed by atoms with Crippen LogP contribution >= 0.6 is 11.3 Å². The number of hydrogen-bond donors (Lipinski definition) is 0. The van der Waals surface area contributed by atoms with Gasteiger partial charge in [-0.15, -0.1) is 11.3 Å². The van der Waals surface area contributed by atoms with Gasteiger partial charge in [0.05, 0.1) is 0 Å². The molecule has 0 aliphatic rings. The molecule has 1 heteroatoms. The Morgan fingerprint density at radius 2 is 2.20 bits per heavy atom. The van der Waals surface area contributed by atoms with Crippen molar-refractivity contribution in [2.75, 3.05) is 0 Å². The lowest BCUT2D eigenvalue weighted by Gasteiger charge is -1.97. The molecule has 15 heavy (non-hydrogen) atoms. The molecule has 0 saturated carbocycles. The normalized spacial score (nSPS) is 12.5. The molecule has 0 aliphatic heterocycles. The zero-order valence-electron chi connectivity index (χ0n) is 9.34. The van der Waals surface area contributed by atoms with Crippen molar-refractivity contribution in [1.29, 1.82) is 0 Å². The van der Waals surface area contributed by atoms with Crippen LogP contribution in [0.2, 0.25) is 0 Å². The topological polar surface area (TPSA) is 0 Å². The van der Waals surface area contributed by atoms with Gasteiger partial charge in [-0.25, -0.2) is 0 Å². The Morgan fingerprint density at radius 1 is 1.40 bits per heavy atom. The maximum atomic E-state index is 4.13. The molecule has 1 heterocycles. The Hall–Kier alpha value is -1.08. The molecule has 0 saturated heterocycles. The molecule has 2 rings (SSSR count). The zero-order chi connectivity index (χ0) is 10.8. The molecule has 0 radical (unpaired) electrons. The van der Waals surface area contributed by atoms with E-state index in [0.29, 0.717) is 0 Å². The van der Waals surface area contributed by atoms with Crippen LogP contribution in [0.15, 0.2) is 18.2 Å². The summed E-state index contributed by atoms with van der Waals surface area (Å²) in [6, 6.07) is 6.75. The van der Waals surface area contributed by atoms with Gasteiger partial charge in [0, 0.05) is 9.23 Å². The Kier molecular flexibility index (Phi) is 2.92. The van der Waals surface area contributed by atoms with Crippen LogP contribution in [-0.4, -0.2) is 0 Å². The predicted octanol–water partition coefficient (Wildman–Crippen LogP) is 3.06. The first-order valence-corrected chi connectivity index (χ1v) is 6.24. The molecule has 0 amide bonds. The molecule has 0 fully saturated rings.